The van der Waals surface area contributed by atoms with Gasteiger partial charge in [0.05, 0.1) is 0 Å². The molecule has 2 aliphatic heterocycles. The maximum atomic E-state index is 12.9. The van der Waals surface area contributed by atoms with E-state index in [0.29, 0.717) is 6.61 Å². The molecule has 1 aromatic carbocycles. The van der Waals surface area contributed by atoms with Gasteiger partial charge in [-0.15, -0.1) is 0 Å². The largest absolute Gasteiger partial charge is 0.368 e. The molecule has 2 saturated heterocycles. The lowest BCUT2D eigenvalue weighted by molar-refractivity contribution is -0.140. The van der Waals surface area contributed by atoms with Crippen LogP contribution in [-0.2, 0) is 9.53 Å². The maximum Gasteiger partial charge on any atom is 0.251 e. The Morgan fingerprint density at radius 1 is 1.17 bits per heavy atom. The topological polar surface area (TPSA) is 32.8 Å². The third-order valence-electron chi connectivity index (χ3n) is 4.65. The number of ether oxygens (including phenoxy) is 1. The van der Waals surface area contributed by atoms with E-state index in [1.807, 2.05) is 11.0 Å². The Labute approximate surface area is 142 Å². The minimum Gasteiger partial charge on any atom is -0.368 e. The molecular formula is C19H25FN2O2. The summed E-state index contributed by atoms with van der Waals surface area (Å²) in [6, 6.07) is 6.49. The van der Waals surface area contributed by atoms with E-state index in [0.717, 1.165) is 57.5 Å². The monoisotopic (exact) mass is 332 g/mol. The number of nitrogens with zero attached hydrogens (tertiary/aromatic N) is 2. The summed E-state index contributed by atoms with van der Waals surface area (Å²) in [7, 11) is 0. The lowest BCUT2D eigenvalue weighted by Crippen LogP contribution is -2.41. The SMILES string of the molecule is O=C(C1CCCO1)N1CCCN(CC=Cc2ccc(F)cc2)CC1. The van der Waals surface area contributed by atoms with Gasteiger partial charge in [-0.3, -0.25) is 9.69 Å². The molecule has 0 radical (unpaired) electrons. The fourth-order valence-electron chi connectivity index (χ4n) is 3.26. The predicted octanol–water partition coefficient (Wildman–Crippen LogP) is 2.55. The molecule has 0 aromatic heterocycles. The highest BCUT2D eigenvalue weighted by Gasteiger charge is 2.29. The van der Waals surface area contributed by atoms with Crippen LogP contribution in [0.25, 0.3) is 6.08 Å². The molecule has 2 fully saturated rings. The molecule has 0 spiro atoms. The van der Waals surface area contributed by atoms with E-state index in [1.165, 1.54) is 12.1 Å². The summed E-state index contributed by atoms with van der Waals surface area (Å²) in [5.41, 5.74) is 1.00. The van der Waals surface area contributed by atoms with Crippen molar-refractivity contribution in [3.05, 3.63) is 41.7 Å². The molecular weight excluding hydrogens is 307 g/mol. The fourth-order valence-corrected chi connectivity index (χ4v) is 3.26. The van der Waals surface area contributed by atoms with Crippen molar-refractivity contribution in [2.24, 2.45) is 0 Å². The van der Waals surface area contributed by atoms with Gasteiger partial charge in [0, 0.05) is 39.3 Å². The third kappa shape index (κ3) is 4.65. The summed E-state index contributed by atoms with van der Waals surface area (Å²) in [5.74, 6) is -0.0492. The summed E-state index contributed by atoms with van der Waals surface area (Å²) < 4.78 is 18.4. The first-order valence-electron chi connectivity index (χ1n) is 8.77. The average molecular weight is 332 g/mol. The van der Waals surface area contributed by atoms with Gasteiger partial charge in [0.25, 0.3) is 5.91 Å². The van der Waals surface area contributed by atoms with Crippen LogP contribution in [0.3, 0.4) is 0 Å². The van der Waals surface area contributed by atoms with Gasteiger partial charge >= 0.3 is 0 Å². The van der Waals surface area contributed by atoms with E-state index in [9.17, 15) is 9.18 Å². The van der Waals surface area contributed by atoms with E-state index in [4.69, 9.17) is 4.74 Å². The van der Waals surface area contributed by atoms with Gasteiger partial charge < -0.3 is 9.64 Å². The Morgan fingerprint density at radius 3 is 2.75 bits per heavy atom. The minimum absolute atomic E-state index is 0.163. The smallest absolute Gasteiger partial charge is 0.251 e. The van der Waals surface area contributed by atoms with Gasteiger partial charge in [-0.05, 0) is 37.0 Å². The van der Waals surface area contributed by atoms with Crippen molar-refractivity contribution in [3.8, 4) is 0 Å². The number of benzene rings is 1. The lowest BCUT2D eigenvalue weighted by Gasteiger charge is -2.23. The zero-order valence-electron chi connectivity index (χ0n) is 14.0. The molecule has 0 saturated carbocycles. The van der Waals surface area contributed by atoms with Crippen LogP contribution in [0.2, 0.25) is 0 Å². The number of carbonyl (C=O) groups excluding carboxylic acids is 1. The van der Waals surface area contributed by atoms with Gasteiger partial charge in [0.1, 0.15) is 11.9 Å². The Hall–Kier alpha value is -1.72. The zero-order valence-corrected chi connectivity index (χ0v) is 14.0. The number of hydrogen-bond acceptors (Lipinski definition) is 3. The van der Waals surface area contributed by atoms with Crippen LogP contribution in [0, 0.1) is 5.82 Å². The molecule has 3 rings (SSSR count). The van der Waals surface area contributed by atoms with Crippen LogP contribution in [0.1, 0.15) is 24.8 Å². The molecule has 24 heavy (non-hydrogen) atoms. The molecule has 1 atom stereocenters. The van der Waals surface area contributed by atoms with E-state index < -0.39 is 0 Å². The van der Waals surface area contributed by atoms with Crippen LogP contribution in [0.4, 0.5) is 4.39 Å². The van der Waals surface area contributed by atoms with Gasteiger partial charge in [0.2, 0.25) is 0 Å². The Bertz CT molecular complexity index is 567. The summed E-state index contributed by atoms with van der Waals surface area (Å²) in [4.78, 5) is 16.7. The molecule has 1 aromatic rings. The van der Waals surface area contributed by atoms with Gasteiger partial charge in [-0.2, -0.15) is 0 Å². The molecule has 0 N–H and O–H groups in total. The number of amides is 1. The van der Waals surface area contributed by atoms with E-state index in [1.54, 1.807) is 12.1 Å². The van der Waals surface area contributed by atoms with Crippen LogP contribution in [0.5, 0.6) is 0 Å². The number of rotatable bonds is 4. The first-order chi connectivity index (χ1) is 11.7. The Morgan fingerprint density at radius 2 is 2.00 bits per heavy atom. The van der Waals surface area contributed by atoms with Crippen molar-refractivity contribution in [1.82, 2.24) is 9.80 Å². The number of carbonyl (C=O) groups is 1. The Balaban J connectivity index is 1.46. The van der Waals surface area contributed by atoms with E-state index in [2.05, 4.69) is 11.0 Å². The van der Waals surface area contributed by atoms with Gasteiger partial charge in [-0.25, -0.2) is 4.39 Å². The van der Waals surface area contributed by atoms with Gasteiger partial charge in [0.15, 0.2) is 0 Å². The first kappa shape index (κ1) is 17.1. The maximum absolute atomic E-state index is 12.9. The van der Waals surface area contributed by atoms with Crippen molar-refractivity contribution in [2.45, 2.75) is 25.4 Å². The van der Waals surface area contributed by atoms with E-state index >= 15 is 0 Å². The Kier molecular flexibility index (Phi) is 5.99. The van der Waals surface area contributed by atoms with Crippen molar-refractivity contribution >= 4 is 12.0 Å². The highest BCUT2D eigenvalue weighted by Crippen LogP contribution is 2.16. The second-order valence-corrected chi connectivity index (χ2v) is 6.44. The first-order valence-corrected chi connectivity index (χ1v) is 8.77. The minimum atomic E-state index is -0.213. The second kappa shape index (κ2) is 8.40. The fraction of sp³-hybridized carbons (Fsp3) is 0.526. The van der Waals surface area contributed by atoms with Crippen molar-refractivity contribution in [3.63, 3.8) is 0 Å². The number of hydrogen-bond donors (Lipinski definition) is 0. The third-order valence-corrected chi connectivity index (χ3v) is 4.65. The second-order valence-electron chi connectivity index (χ2n) is 6.44. The van der Waals surface area contributed by atoms with Crippen molar-refractivity contribution in [1.29, 1.82) is 0 Å². The quantitative estimate of drug-likeness (QED) is 0.849. The standard InChI is InChI=1S/C19H25FN2O2/c20-17-8-6-16(7-9-17)4-1-10-21-11-3-12-22(14-13-21)19(23)18-5-2-15-24-18/h1,4,6-9,18H,2-3,5,10-15H2. The van der Waals surface area contributed by atoms with Crippen LogP contribution in [-0.4, -0.2) is 61.1 Å². The predicted molar refractivity (Wildman–Crippen MR) is 92.0 cm³/mol. The van der Waals surface area contributed by atoms with Crippen LogP contribution in [0.15, 0.2) is 30.3 Å². The van der Waals surface area contributed by atoms with Crippen molar-refractivity contribution < 1.29 is 13.9 Å². The molecule has 130 valence electrons. The highest BCUT2D eigenvalue weighted by molar-refractivity contribution is 5.81. The summed E-state index contributed by atoms with van der Waals surface area (Å²) in [6.45, 7) is 5.01. The van der Waals surface area contributed by atoms with Gasteiger partial charge in [-0.1, -0.05) is 24.3 Å². The summed E-state index contributed by atoms with van der Waals surface area (Å²) in [6.07, 6.45) is 6.74. The molecule has 2 heterocycles. The summed E-state index contributed by atoms with van der Waals surface area (Å²) >= 11 is 0. The lowest BCUT2D eigenvalue weighted by atomic mass is 10.2. The number of halogens is 1. The molecule has 2 aliphatic rings. The molecule has 1 unspecified atom stereocenters. The molecule has 0 bridgehead atoms. The molecule has 1 amide bonds. The zero-order chi connectivity index (χ0) is 16.8. The van der Waals surface area contributed by atoms with Crippen LogP contribution >= 0.6 is 0 Å². The highest BCUT2D eigenvalue weighted by atomic mass is 19.1. The van der Waals surface area contributed by atoms with E-state index in [-0.39, 0.29) is 17.8 Å². The molecule has 4 nitrogen and oxygen atoms in total. The van der Waals surface area contributed by atoms with Crippen LogP contribution < -0.4 is 0 Å². The molecule has 0 aliphatic carbocycles. The summed E-state index contributed by atoms with van der Waals surface area (Å²) in [5, 5.41) is 0. The molecule has 5 heteroatoms. The average Bonchev–Trinajstić information content (AvgIpc) is 3.03. The van der Waals surface area contributed by atoms with Crippen molar-refractivity contribution in [2.75, 3.05) is 39.3 Å². The normalized spacial score (nSPS) is 22.9.